The highest BCUT2D eigenvalue weighted by atomic mass is 15.1. The Morgan fingerprint density at radius 1 is 1.44 bits per heavy atom. The Hall–Kier alpha value is -0.830. The van der Waals surface area contributed by atoms with Crippen LogP contribution in [0.4, 0.5) is 0 Å². The minimum Gasteiger partial charge on any atom is -0.387 e. The van der Waals surface area contributed by atoms with Crippen LogP contribution in [0.5, 0.6) is 0 Å². The van der Waals surface area contributed by atoms with Crippen LogP contribution in [0.3, 0.4) is 0 Å². The summed E-state index contributed by atoms with van der Waals surface area (Å²) < 4.78 is 0. The van der Waals surface area contributed by atoms with E-state index in [-0.39, 0.29) is 5.41 Å². The molecule has 3 nitrogen and oxygen atoms in total. The molecule has 0 bridgehead atoms. The van der Waals surface area contributed by atoms with Gasteiger partial charge in [-0.15, -0.1) is 0 Å². The van der Waals surface area contributed by atoms with Gasteiger partial charge in [0, 0.05) is 18.2 Å². The normalized spacial score (nSPS) is 22.8. The van der Waals surface area contributed by atoms with Gasteiger partial charge >= 0.3 is 0 Å². The number of nitrogens with zero attached hydrogens (tertiary/aromatic N) is 2. The van der Waals surface area contributed by atoms with E-state index in [0.29, 0.717) is 0 Å². The van der Waals surface area contributed by atoms with Crippen LogP contribution in [0.25, 0.3) is 0 Å². The second-order valence-corrected chi connectivity index (χ2v) is 4.95. The number of hydrogen-bond donors (Lipinski definition) is 1. The van der Waals surface area contributed by atoms with Crippen LogP contribution < -0.4 is 5.73 Å². The van der Waals surface area contributed by atoms with Crippen LogP contribution in [0.2, 0.25) is 0 Å². The first kappa shape index (κ1) is 13.2. The van der Waals surface area contributed by atoms with Gasteiger partial charge in [-0.1, -0.05) is 26.8 Å². The highest BCUT2D eigenvalue weighted by Crippen LogP contribution is 2.24. The zero-order valence-electron chi connectivity index (χ0n) is 10.7. The van der Waals surface area contributed by atoms with Gasteiger partial charge in [0.2, 0.25) is 0 Å². The number of rotatable bonds is 5. The molecule has 1 aliphatic heterocycles. The predicted molar refractivity (Wildman–Crippen MR) is 70.5 cm³/mol. The van der Waals surface area contributed by atoms with Crippen molar-refractivity contribution in [2.45, 2.75) is 39.5 Å². The zero-order valence-corrected chi connectivity index (χ0v) is 10.7. The Morgan fingerprint density at radius 3 is 2.56 bits per heavy atom. The van der Waals surface area contributed by atoms with Gasteiger partial charge in [0.05, 0.1) is 0 Å². The summed E-state index contributed by atoms with van der Waals surface area (Å²) in [6.45, 7) is 11.4. The predicted octanol–water partition coefficient (Wildman–Crippen LogP) is 2.39. The number of likely N-dealkylation sites (tertiary alicyclic amines) is 1. The lowest BCUT2D eigenvalue weighted by atomic mass is 9.85. The number of aliphatic imine (C=N–C) groups is 1. The average molecular weight is 223 g/mol. The molecule has 1 fully saturated rings. The number of hydrogen-bond acceptors (Lipinski definition) is 2. The molecule has 0 aliphatic carbocycles. The third-order valence-corrected chi connectivity index (χ3v) is 3.65. The van der Waals surface area contributed by atoms with Crippen LogP contribution in [-0.4, -0.2) is 30.4 Å². The first-order valence-corrected chi connectivity index (χ1v) is 6.29. The molecule has 1 saturated heterocycles. The molecule has 0 aromatic rings. The van der Waals surface area contributed by atoms with E-state index in [4.69, 9.17) is 5.73 Å². The van der Waals surface area contributed by atoms with Crippen molar-refractivity contribution in [3.63, 3.8) is 0 Å². The molecule has 1 atom stereocenters. The molecule has 0 radical (unpaired) electrons. The van der Waals surface area contributed by atoms with E-state index in [1.165, 1.54) is 32.4 Å². The Morgan fingerprint density at radius 2 is 2.06 bits per heavy atom. The molecule has 0 unspecified atom stereocenters. The lowest BCUT2D eigenvalue weighted by Crippen LogP contribution is -2.45. The van der Waals surface area contributed by atoms with E-state index in [1.54, 1.807) is 6.20 Å². The third kappa shape index (κ3) is 3.34. The maximum Gasteiger partial charge on any atom is 0.106 e. The summed E-state index contributed by atoms with van der Waals surface area (Å²) >= 11 is 0. The second-order valence-electron chi connectivity index (χ2n) is 4.95. The molecule has 0 saturated carbocycles. The molecule has 0 amide bonds. The quantitative estimate of drug-likeness (QED) is 0.574. The van der Waals surface area contributed by atoms with Gasteiger partial charge in [0.1, 0.15) is 5.84 Å². The van der Waals surface area contributed by atoms with Crippen molar-refractivity contribution < 1.29 is 0 Å². The summed E-state index contributed by atoms with van der Waals surface area (Å²) in [5.41, 5.74) is 6.03. The molecule has 0 aromatic carbocycles. The maximum atomic E-state index is 6.04. The fourth-order valence-corrected chi connectivity index (χ4v) is 2.24. The number of piperidine rings is 1. The van der Waals surface area contributed by atoms with Gasteiger partial charge in [-0.2, -0.15) is 0 Å². The monoisotopic (exact) mass is 223 g/mol. The van der Waals surface area contributed by atoms with Crippen LogP contribution in [0, 0.1) is 5.41 Å². The largest absolute Gasteiger partial charge is 0.387 e. The Kier molecular flexibility index (Phi) is 5.00. The Balaban J connectivity index is 2.64. The van der Waals surface area contributed by atoms with Crippen molar-refractivity contribution in [2.24, 2.45) is 16.1 Å². The molecule has 1 aliphatic rings. The summed E-state index contributed by atoms with van der Waals surface area (Å²) in [6.07, 6.45) is 6.57. The summed E-state index contributed by atoms with van der Waals surface area (Å²) in [7, 11) is 0. The van der Waals surface area contributed by atoms with E-state index in [0.717, 1.165) is 18.8 Å². The molecule has 0 aromatic heterocycles. The van der Waals surface area contributed by atoms with E-state index >= 15 is 0 Å². The fraction of sp³-hybridized carbons (Fsp3) is 0.769. The van der Waals surface area contributed by atoms with Gasteiger partial charge in [0.25, 0.3) is 0 Å². The van der Waals surface area contributed by atoms with Crippen molar-refractivity contribution in [2.75, 3.05) is 19.6 Å². The lowest BCUT2D eigenvalue weighted by Gasteiger charge is -2.36. The highest BCUT2D eigenvalue weighted by molar-refractivity contribution is 5.86. The third-order valence-electron chi connectivity index (χ3n) is 3.65. The molecule has 3 heteroatoms. The average Bonchev–Trinajstić information content (AvgIpc) is 2.30. The van der Waals surface area contributed by atoms with Crippen LogP contribution in [-0.2, 0) is 0 Å². The van der Waals surface area contributed by atoms with E-state index in [1.807, 2.05) is 0 Å². The highest BCUT2D eigenvalue weighted by Gasteiger charge is 2.29. The molecule has 1 heterocycles. The molecule has 0 spiro atoms. The first-order valence-electron chi connectivity index (χ1n) is 6.29. The Labute approximate surface area is 99.4 Å². The zero-order chi connectivity index (χ0) is 12.0. The molecule has 2 N–H and O–H groups in total. The summed E-state index contributed by atoms with van der Waals surface area (Å²) in [5.74, 6) is 0.718. The van der Waals surface area contributed by atoms with Crippen molar-refractivity contribution >= 4 is 5.84 Å². The maximum absolute atomic E-state index is 6.04. The molecular formula is C13H25N3. The van der Waals surface area contributed by atoms with Gasteiger partial charge in [-0.05, 0) is 32.4 Å². The SMILES string of the molecule is C=CN=C(N)[C@@](C)(CC)CN1CCCCC1. The molecular weight excluding hydrogens is 198 g/mol. The minimum absolute atomic E-state index is 0.00840. The van der Waals surface area contributed by atoms with E-state index in [9.17, 15) is 0 Å². The smallest absolute Gasteiger partial charge is 0.106 e. The summed E-state index contributed by atoms with van der Waals surface area (Å²) in [5, 5.41) is 0. The molecule has 92 valence electrons. The van der Waals surface area contributed by atoms with Gasteiger partial charge < -0.3 is 10.6 Å². The Bertz CT molecular complexity index is 254. The summed E-state index contributed by atoms with van der Waals surface area (Å²) in [6, 6.07) is 0. The molecule has 1 rings (SSSR count). The first-order chi connectivity index (χ1) is 7.62. The van der Waals surface area contributed by atoms with Gasteiger partial charge in [0.15, 0.2) is 0 Å². The van der Waals surface area contributed by atoms with Crippen molar-refractivity contribution in [3.8, 4) is 0 Å². The van der Waals surface area contributed by atoms with Crippen molar-refractivity contribution in [1.82, 2.24) is 4.90 Å². The van der Waals surface area contributed by atoms with Crippen molar-refractivity contribution in [1.29, 1.82) is 0 Å². The summed E-state index contributed by atoms with van der Waals surface area (Å²) in [4.78, 5) is 6.68. The number of nitrogens with two attached hydrogens (primary N) is 1. The van der Waals surface area contributed by atoms with Crippen LogP contribution in [0.15, 0.2) is 17.8 Å². The second kappa shape index (κ2) is 6.04. The van der Waals surface area contributed by atoms with E-state index in [2.05, 4.69) is 30.3 Å². The van der Waals surface area contributed by atoms with Crippen LogP contribution in [0.1, 0.15) is 39.5 Å². The molecule has 16 heavy (non-hydrogen) atoms. The minimum atomic E-state index is -0.00840. The topological polar surface area (TPSA) is 41.6 Å². The van der Waals surface area contributed by atoms with E-state index < -0.39 is 0 Å². The number of amidine groups is 1. The standard InChI is InChI=1S/C13H25N3/c1-4-13(3,12(14)15-5-2)11-16-9-7-6-8-10-16/h5H,2,4,6-11H2,1,3H3,(H2,14,15)/t13-/m0/s1. The lowest BCUT2D eigenvalue weighted by molar-refractivity contribution is 0.175. The fourth-order valence-electron chi connectivity index (χ4n) is 2.24. The van der Waals surface area contributed by atoms with Gasteiger partial charge in [-0.3, -0.25) is 0 Å². The van der Waals surface area contributed by atoms with Crippen molar-refractivity contribution in [3.05, 3.63) is 12.8 Å². The van der Waals surface area contributed by atoms with Gasteiger partial charge in [-0.25, -0.2) is 4.99 Å². The van der Waals surface area contributed by atoms with Crippen LogP contribution >= 0.6 is 0 Å².